The molecule has 1 aliphatic carbocycles. The molecule has 0 aliphatic heterocycles. The largest absolute Gasteiger partial charge is 0.381 e. The summed E-state index contributed by atoms with van der Waals surface area (Å²) in [6, 6.07) is 0.108. The highest BCUT2D eigenvalue weighted by Gasteiger charge is 2.28. The number of aromatic nitrogens is 2. The maximum Gasteiger partial charge on any atom is 0.287 e. The number of allylic oxidation sites excluding steroid dienone is 1. The van der Waals surface area contributed by atoms with Gasteiger partial charge in [0.1, 0.15) is 5.02 Å². The molecule has 0 amide bonds. The van der Waals surface area contributed by atoms with Crippen molar-refractivity contribution in [2.24, 2.45) is 11.7 Å². The highest BCUT2D eigenvalue weighted by molar-refractivity contribution is 6.32. The topological polar surface area (TPSA) is 72.9 Å². The van der Waals surface area contributed by atoms with Gasteiger partial charge in [0.2, 0.25) is 0 Å². The Balaban J connectivity index is 2.06. The summed E-state index contributed by atoms with van der Waals surface area (Å²) in [6.45, 7) is 4.52. The van der Waals surface area contributed by atoms with Crippen LogP contribution < -0.4 is 16.6 Å². The van der Waals surface area contributed by atoms with Crippen LogP contribution in [0.5, 0.6) is 0 Å². The van der Waals surface area contributed by atoms with E-state index in [1.165, 1.54) is 17.5 Å². The van der Waals surface area contributed by atoms with Gasteiger partial charge in [-0.15, -0.1) is 6.58 Å². The second-order valence-electron chi connectivity index (χ2n) is 4.53. The number of hydrogen-bond acceptors (Lipinski definition) is 4. The lowest BCUT2D eigenvalue weighted by Gasteiger charge is -2.13. The molecule has 0 radical (unpaired) electrons. The van der Waals surface area contributed by atoms with E-state index in [0.29, 0.717) is 24.7 Å². The standard InChI is InChI=1S/C12H17ClN4O/c1-2-5-17-12(18)11(13)10(7-16-17)15-6-9(14)8-3-4-8/h2,7-9,15H,1,3-6,14H2. The molecule has 5 nitrogen and oxygen atoms in total. The predicted molar refractivity (Wildman–Crippen MR) is 72.9 cm³/mol. The molecule has 0 bridgehead atoms. The van der Waals surface area contributed by atoms with Crippen molar-refractivity contribution in [3.05, 3.63) is 34.2 Å². The molecule has 1 aromatic rings. The van der Waals surface area contributed by atoms with Gasteiger partial charge in [0.05, 0.1) is 18.4 Å². The molecule has 3 N–H and O–H groups in total. The predicted octanol–water partition coefficient (Wildman–Crippen LogP) is 1.23. The number of hydrogen-bond donors (Lipinski definition) is 2. The lowest BCUT2D eigenvalue weighted by Crippen LogP contribution is -2.32. The maximum absolute atomic E-state index is 11.8. The molecule has 1 heterocycles. The Hall–Kier alpha value is -1.33. The van der Waals surface area contributed by atoms with Crippen molar-refractivity contribution in [2.45, 2.75) is 25.4 Å². The highest BCUT2D eigenvalue weighted by atomic mass is 35.5. The molecule has 1 aliphatic rings. The first-order valence-corrected chi connectivity index (χ1v) is 6.37. The molecule has 2 rings (SSSR count). The van der Waals surface area contributed by atoms with Gasteiger partial charge >= 0.3 is 0 Å². The second-order valence-corrected chi connectivity index (χ2v) is 4.91. The van der Waals surface area contributed by atoms with Crippen LogP contribution in [0.1, 0.15) is 12.8 Å². The fourth-order valence-electron chi connectivity index (χ4n) is 1.76. The van der Waals surface area contributed by atoms with Gasteiger partial charge < -0.3 is 11.1 Å². The van der Waals surface area contributed by atoms with Gasteiger partial charge in [0.25, 0.3) is 5.56 Å². The van der Waals surface area contributed by atoms with Crippen molar-refractivity contribution in [3.63, 3.8) is 0 Å². The van der Waals surface area contributed by atoms with Crippen LogP contribution >= 0.6 is 11.6 Å². The van der Waals surface area contributed by atoms with Gasteiger partial charge in [-0.25, -0.2) is 4.68 Å². The Morgan fingerprint density at radius 2 is 2.44 bits per heavy atom. The Morgan fingerprint density at radius 3 is 3.06 bits per heavy atom. The third kappa shape index (κ3) is 2.91. The summed E-state index contributed by atoms with van der Waals surface area (Å²) in [5, 5.41) is 7.25. The first kappa shape index (κ1) is 13.1. The van der Waals surface area contributed by atoms with E-state index in [-0.39, 0.29) is 16.6 Å². The SMILES string of the molecule is C=CCn1ncc(NCC(N)C2CC2)c(Cl)c1=O. The molecule has 6 heteroatoms. The molecule has 0 aromatic carbocycles. The van der Waals surface area contributed by atoms with E-state index >= 15 is 0 Å². The fourth-order valence-corrected chi connectivity index (χ4v) is 1.97. The number of nitrogens with two attached hydrogens (primary N) is 1. The fraction of sp³-hybridized carbons (Fsp3) is 0.500. The van der Waals surface area contributed by atoms with Crippen LogP contribution in [0.4, 0.5) is 5.69 Å². The number of rotatable bonds is 6. The summed E-state index contributed by atoms with van der Waals surface area (Å²) < 4.78 is 1.27. The minimum Gasteiger partial charge on any atom is -0.381 e. The van der Waals surface area contributed by atoms with Crippen molar-refractivity contribution in [3.8, 4) is 0 Å². The minimum atomic E-state index is -0.318. The van der Waals surface area contributed by atoms with Crippen molar-refractivity contribution in [1.82, 2.24) is 9.78 Å². The summed E-state index contributed by atoms with van der Waals surface area (Å²) in [7, 11) is 0. The van der Waals surface area contributed by atoms with Crippen LogP contribution in [0.3, 0.4) is 0 Å². The lowest BCUT2D eigenvalue weighted by molar-refractivity contribution is 0.618. The maximum atomic E-state index is 11.8. The number of nitrogens with one attached hydrogen (secondary N) is 1. The molecule has 0 saturated heterocycles. The summed E-state index contributed by atoms with van der Waals surface area (Å²) in [5.74, 6) is 0.602. The van der Waals surface area contributed by atoms with Gasteiger partial charge in [-0.1, -0.05) is 17.7 Å². The van der Waals surface area contributed by atoms with Crippen LogP contribution in [-0.2, 0) is 6.54 Å². The van der Waals surface area contributed by atoms with Gasteiger partial charge in [-0.05, 0) is 18.8 Å². The quantitative estimate of drug-likeness (QED) is 0.761. The third-order valence-electron chi connectivity index (χ3n) is 3.04. The van der Waals surface area contributed by atoms with Crippen molar-refractivity contribution in [1.29, 1.82) is 0 Å². The summed E-state index contributed by atoms with van der Waals surface area (Å²) in [6.07, 6.45) is 5.53. The number of nitrogens with zero attached hydrogens (tertiary/aromatic N) is 2. The molecule has 1 atom stereocenters. The van der Waals surface area contributed by atoms with Crippen LogP contribution in [0.15, 0.2) is 23.6 Å². The minimum absolute atomic E-state index is 0.108. The molecule has 1 unspecified atom stereocenters. The van der Waals surface area contributed by atoms with Crippen molar-refractivity contribution >= 4 is 17.3 Å². The van der Waals surface area contributed by atoms with Gasteiger partial charge in [0.15, 0.2) is 0 Å². The Kier molecular flexibility index (Phi) is 4.04. The Bertz CT molecular complexity index is 495. The van der Waals surface area contributed by atoms with Crippen molar-refractivity contribution < 1.29 is 0 Å². The highest BCUT2D eigenvalue weighted by Crippen LogP contribution is 2.31. The van der Waals surface area contributed by atoms with Crippen LogP contribution in [0.25, 0.3) is 0 Å². The zero-order valence-electron chi connectivity index (χ0n) is 10.1. The zero-order valence-corrected chi connectivity index (χ0v) is 10.9. The Morgan fingerprint density at radius 1 is 1.72 bits per heavy atom. The molecule has 18 heavy (non-hydrogen) atoms. The molecule has 0 spiro atoms. The summed E-state index contributed by atoms with van der Waals surface area (Å²) in [5.41, 5.74) is 6.19. The van der Waals surface area contributed by atoms with E-state index in [4.69, 9.17) is 17.3 Å². The molecule has 98 valence electrons. The average molecular weight is 269 g/mol. The average Bonchev–Trinajstić information content (AvgIpc) is 3.18. The third-order valence-corrected chi connectivity index (χ3v) is 3.41. The van der Waals surface area contributed by atoms with E-state index in [9.17, 15) is 4.79 Å². The molecular formula is C12H17ClN4O. The van der Waals surface area contributed by atoms with E-state index in [2.05, 4.69) is 17.0 Å². The summed E-state index contributed by atoms with van der Waals surface area (Å²) >= 11 is 6.00. The van der Waals surface area contributed by atoms with Gasteiger partial charge in [0, 0.05) is 12.6 Å². The van der Waals surface area contributed by atoms with Gasteiger partial charge in [-0.3, -0.25) is 4.79 Å². The smallest absolute Gasteiger partial charge is 0.287 e. The first-order valence-electron chi connectivity index (χ1n) is 5.99. The molecular weight excluding hydrogens is 252 g/mol. The van der Waals surface area contributed by atoms with Crippen LogP contribution in [-0.4, -0.2) is 22.4 Å². The van der Waals surface area contributed by atoms with Gasteiger partial charge in [-0.2, -0.15) is 5.10 Å². The Labute approximate surface area is 111 Å². The molecule has 1 saturated carbocycles. The van der Waals surface area contributed by atoms with E-state index < -0.39 is 0 Å². The van der Waals surface area contributed by atoms with E-state index in [1.54, 1.807) is 12.3 Å². The normalized spacial score (nSPS) is 16.3. The lowest BCUT2D eigenvalue weighted by atomic mass is 10.2. The van der Waals surface area contributed by atoms with Crippen LogP contribution in [0, 0.1) is 5.92 Å². The van der Waals surface area contributed by atoms with Crippen molar-refractivity contribution in [2.75, 3.05) is 11.9 Å². The summed E-state index contributed by atoms with van der Waals surface area (Å²) in [4.78, 5) is 11.8. The zero-order chi connectivity index (χ0) is 13.1. The second kappa shape index (κ2) is 5.54. The first-order chi connectivity index (χ1) is 8.63. The van der Waals surface area contributed by atoms with E-state index in [0.717, 1.165) is 0 Å². The monoisotopic (exact) mass is 268 g/mol. The molecule has 1 fully saturated rings. The number of anilines is 1. The molecule has 1 aromatic heterocycles. The van der Waals surface area contributed by atoms with Crippen LogP contribution in [0.2, 0.25) is 5.02 Å². The number of halogens is 1. The van der Waals surface area contributed by atoms with E-state index in [1.807, 2.05) is 0 Å².